The van der Waals surface area contributed by atoms with Crippen LogP contribution in [0.15, 0.2) is 24.3 Å². The van der Waals surface area contributed by atoms with Crippen molar-refractivity contribution in [2.45, 2.75) is 0 Å². The number of benzene rings is 1. The summed E-state index contributed by atoms with van der Waals surface area (Å²) in [5.74, 6) is 0. The van der Waals surface area contributed by atoms with Crippen LogP contribution in [-0.4, -0.2) is 4.92 Å². The van der Waals surface area contributed by atoms with E-state index in [1.807, 2.05) is 0 Å². The van der Waals surface area contributed by atoms with Gasteiger partial charge in [0, 0.05) is 0 Å². The first-order valence-electron chi connectivity index (χ1n) is 2.56. The summed E-state index contributed by atoms with van der Waals surface area (Å²) in [6, 6.07) is 5.82. The van der Waals surface area contributed by atoms with E-state index in [0.29, 0.717) is 4.46 Å². The molecule has 1 aromatic carbocycles. The number of hydrogen-bond acceptors (Lipinski definition) is 2. The van der Waals surface area contributed by atoms with Crippen LogP contribution in [0.25, 0.3) is 0 Å². The quantitative estimate of drug-likeness (QED) is 0.369. The van der Waals surface area contributed by atoms with Gasteiger partial charge in [-0.3, -0.25) is 0 Å². The summed E-state index contributed by atoms with van der Waals surface area (Å²) in [6.45, 7) is 0. The molecule has 0 saturated heterocycles. The Hall–Kier alpha value is -0.861. The number of non-ortho nitro benzene ring substituents is 1. The molecule has 0 aromatic heterocycles. The summed E-state index contributed by atoms with van der Waals surface area (Å²) in [7, 11) is 0. The fourth-order valence-corrected chi connectivity index (χ4v) is 0.707. The Bertz CT molecular complexity index is 244. The monoisotopic (exact) mass is 185 g/mol. The zero-order valence-electron chi connectivity index (χ0n) is 4.87. The molecule has 0 spiro atoms. The number of nitro benzene ring substituents is 1. The Morgan fingerprint density at radius 2 is 1.80 bits per heavy atom. The van der Waals surface area contributed by atoms with Gasteiger partial charge in [-0.15, -0.1) is 0 Å². The van der Waals surface area contributed by atoms with E-state index in [2.05, 4.69) is 0 Å². The number of hydrogen-bond donors (Lipinski definition) is 0. The van der Waals surface area contributed by atoms with Crippen molar-refractivity contribution in [3.63, 3.8) is 0 Å². The van der Waals surface area contributed by atoms with Crippen molar-refractivity contribution in [2.75, 3.05) is 0 Å². The molecule has 0 unspecified atom stereocenters. The van der Waals surface area contributed by atoms with E-state index in [4.69, 9.17) is 16.0 Å². The van der Waals surface area contributed by atoms with E-state index in [0.717, 1.165) is 0 Å². The third-order valence-corrected chi connectivity index (χ3v) is 1.33. The molecule has 0 aliphatic carbocycles. The number of rotatable bonds is 1. The molecular formula is C6H4CuNO2. The van der Waals surface area contributed by atoms with Crippen LogP contribution < -0.4 is 4.46 Å². The molecule has 0 saturated carbocycles. The molecule has 0 radical (unpaired) electrons. The standard InChI is InChI=1S/C6H4NO2.Cu/c8-7(9)6-4-2-1-3-5-6;/h2-5H;. The first-order chi connectivity index (χ1) is 4.70. The Labute approximate surface area is 66.0 Å². The summed E-state index contributed by atoms with van der Waals surface area (Å²) in [4.78, 5) is 9.63. The molecular weight excluding hydrogens is 182 g/mol. The van der Waals surface area contributed by atoms with Gasteiger partial charge in [-0.05, 0) is 0 Å². The molecule has 0 amide bonds. The molecule has 0 atom stereocenters. The summed E-state index contributed by atoms with van der Waals surface area (Å²) in [5, 5.41) is 10.1. The van der Waals surface area contributed by atoms with Crippen LogP contribution in [0, 0.1) is 10.1 Å². The molecule has 0 N–H and O–H groups in total. The molecule has 3 nitrogen and oxygen atoms in total. The maximum absolute atomic E-state index is 10.1. The first kappa shape index (κ1) is 7.25. The van der Waals surface area contributed by atoms with Crippen LogP contribution in [0.1, 0.15) is 0 Å². The van der Waals surface area contributed by atoms with Gasteiger partial charge in [-0.25, -0.2) is 0 Å². The van der Waals surface area contributed by atoms with Crippen LogP contribution >= 0.6 is 0 Å². The minimum absolute atomic E-state index is 0.0741. The number of nitro groups is 1. The molecule has 0 heterocycles. The zero-order valence-corrected chi connectivity index (χ0v) is 5.82. The van der Waals surface area contributed by atoms with Crippen molar-refractivity contribution in [3.8, 4) is 0 Å². The van der Waals surface area contributed by atoms with E-state index in [1.165, 1.54) is 24.3 Å². The van der Waals surface area contributed by atoms with E-state index < -0.39 is 4.92 Å². The molecule has 10 heavy (non-hydrogen) atoms. The van der Waals surface area contributed by atoms with Gasteiger partial charge in [0.05, 0.1) is 0 Å². The third-order valence-electron chi connectivity index (χ3n) is 1.01. The Kier molecular flexibility index (Phi) is 2.04. The van der Waals surface area contributed by atoms with E-state index in [-0.39, 0.29) is 5.69 Å². The summed E-state index contributed by atoms with van der Waals surface area (Å²) < 4.78 is 0.595. The summed E-state index contributed by atoms with van der Waals surface area (Å²) in [6.07, 6.45) is 0. The van der Waals surface area contributed by atoms with Crippen molar-refractivity contribution in [1.29, 1.82) is 0 Å². The third kappa shape index (κ3) is 1.56. The predicted molar refractivity (Wildman–Crippen MR) is 32.7 cm³/mol. The van der Waals surface area contributed by atoms with Gasteiger partial charge in [0.25, 0.3) is 0 Å². The van der Waals surface area contributed by atoms with E-state index >= 15 is 0 Å². The van der Waals surface area contributed by atoms with Gasteiger partial charge < -0.3 is 0 Å². The summed E-state index contributed by atoms with van der Waals surface area (Å²) in [5.41, 5.74) is 0.0741. The minimum atomic E-state index is -0.452. The first-order valence-corrected chi connectivity index (χ1v) is 3.03. The van der Waals surface area contributed by atoms with Gasteiger partial charge in [-0.1, -0.05) is 0 Å². The number of nitrogens with zero attached hydrogens (tertiary/aromatic N) is 1. The molecule has 0 bridgehead atoms. The van der Waals surface area contributed by atoms with Crippen molar-refractivity contribution in [1.82, 2.24) is 0 Å². The average molecular weight is 186 g/mol. The molecule has 56 valence electrons. The molecule has 4 heteroatoms. The SMILES string of the molecule is O=[N+]([O-])c1cc[c]([Cu])cc1. The Morgan fingerprint density at radius 3 is 2.20 bits per heavy atom. The fraction of sp³-hybridized carbons (Fsp3) is 0. The fourth-order valence-electron chi connectivity index (χ4n) is 0.550. The topological polar surface area (TPSA) is 43.1 Å². The van der Waals surface area contributed by atoms with Crippen LogP contribution in [0.5, 0.6) is 0 Å². The van der Waals surface area contributed by atoms with Crippen LogP contribution in [0.2, 0.25) is 0 Å². The van der Waals surface area contributed by atoms with Gasteiger partial charge in [0.2, 0.25) is 0 Å². The second-order valence-electron chi connectivity index (χ2n) is 1.69. The maximum atomic E-state index is 10.1. The Balaban J connectivity index is 3.00. The zero-order chi connectivity index (χ0) is 7.56. The van der Waals surface area contributed by atoms with Crippen molar-refractivity contribution in [2.24, 2.45) is 0 Å². The van der Waals surface area contributed by atoms with Crippen molar-refractivity contribution < 1.29 is 20.9 Å². The van der Waals surface area contributed by atoms with Crippen LogP contribution in [-0.2, 0) is 16.0 Å². The average Bonchev–Trinajstić information content (AvgIpc) is 1.88. The molecule has 0 fully saturated rings. The van der Waals surface area contributed by atoms with Gasteiger partial charge in [0.15, 0.2) is 0 Å². The second-order valence-corrected chi connectivity index (χ2v) is 2.23. The van der Waals surface area contributed by atoms with Crippen LogP contribution in [0.4, 0.5) is 5.69 Å². The van der Waals surface area contributed by atoms with Crippen molar-refractivity contribution >= 4 is 10.1 Å². The van der Waals surface area contributed by atoms with Gasteiger partial charge >= 0.3 is 65.5 Å². The Morgan fingerprint density at radius 1 is 1.30 bits per heavy atom. The normalized spacial score (nSPS) is 9.40. The van der Waals surface area contributed by atoms with Crippen molar-refractivity contribution in [3.05, 3.63) is 34.4 Å². The van der Waals surface area contributed by atoms with E-state index in [9.17, 15) is 10.1 Å². The van der Waals surface area contributed by atoms with Crippen LogP contribution in [0.3, 0.4) is 0 Å². The predicted octanol–water partition coefficient (Wildman–Crippen LogP) is 0.767. The molecule has 1 aromatic rings. The summed E-state index contributed by atoms with van der Waals surface area (Å²) >= 11 is 4.88. The van der Waals surface area contributed by atoms with E-state index in [1.54, 1.807) is 0 Å². The molecule has 1 rings (SSSR count). The van der Waals surface area contributed by atoms with Gasteiger partial charge in [0.1, 0.15) is 0 Å². The van der Waals surface area contributed by atoms with Gasteiger partial charge in [-0.2, -0.15) is 0 Å². The second kappa shape index (κ2) is 2.82. The molecule has 0 aliphatic heterocycles. The molecule has 0 aliphatic rings.